The molecular weight excluding hydrogens is 299 g/mol. The Hall–Kier alpha value is -1.60. The van der Waals surface area contributed by atoms with Crippen molar-refractivity contribution >= 4 is 5.91 Å². The van der Waals surface area contributed by atoms with Crippen molar-refractivity contribution < 1.29 is 27.8 Å². The van der Waals surface area contributed by atoms with Gasteiger partial charge in [0.15, 0.2) is 0 Å². The van der Waals surface area contributed by atoms with Crippen molar-refractivity contribution in [1.82, 2.24) is 5.32 Å². The van der Waals surface area contributed by atoms with Crippen LogP contribution in [0, 0.1) is 0 Å². The highest BCUT2D eigenvalue weighted by molar-refractivity contribution is 5.76. The number of carbonyl (C=O) groups excluding carboxylic acids is 1. The summed E-state index contributed by atoms with van der Waals surface area (Å²) in [5.74, 6) is -0.281. The normalized spacial score (nSPS) is 14.5. The number of alkyl halides is 3. The number of hydrogen-bond acceptors (Lipinski definition) is 3. The Balaban J connectivity index is 2.41. The van der Waals surface area contributed by atoms with Gasteiger partial charge in [-0.2, -0.15) is 13.2 Å². The maximum atomic E-state index is 12.4. The van der Waals surface area contributed by atoms with Gasteiger partial charge in [0.2, 0.25) is 5.91 Å². The molecule has 0 aromatic heterocycles. The summed E-state index contributed by atoms with van der Waals surface area (Å²) in [5, 5.41) is 12.4. The van der Waals surface area contributed by atoms with E-state index in [1.165, 1.54) is 26.2 Å². The Kier molecular flexibility index (Phi) is 6.37. The van der Waals surface area contributed by atoms with Gasteiger partial charge in [0.1, 0.15) is 5.60 Å². The minimum Gasteiger partial charge on any atom is -0.386 e. The van der Waals surface area contributed by atoms with E-state index in [1.54, 1.807) is 0 Å². The van der Waals surface area contributed by atoms with Crippen LogP contribution >= 0.6 is 0 Å². The topological polar surface area (TPSA) is 58.6 Å². The Bertz CT molecular complexity index is 484. The molecule has 124 valence electrons. The number of halogens is 3. The maximum absolute atomic E-state index is 12.4. The second-order valence-corrected chi connectivity index (χ2v) is 5.40. The zero-order chi connectivity index (χ0) is 16.8. The van der Waals surface area contributed by atoms with Crippen LogP contribution in [0.4, 0.5) is 13.2 Å². The average Bonchev–Trinajstić information content (AvgIpc) is 2.42. The van der Waals surface area contributed by atoms with Gasteiger partial charge in [0, 0.05) is 20.1 Å². The number of benzene rings is 1. The van der Waals surface area contributed by atoms with Gasteiger partial charge in [-0.1, -0.05) is 12.1 Å². The van der Waals surface area contributed by atoms with Crippen LogP contribution in [-0.4, -0.2) is 36.9 Å². The van der Waals surface area contributed by atoms with Gasteiger partial charge in [-0.15, -0.1) is 0 Å². The first kappa shape index (κ1) is 18.4. The van der Waals surface area contributed by atoms with Crippen LogP contribution in [0.2, 0.25) is 0 Å². The average molecular weight is 319 g/mol. The van der Waals surface area contributed by atoms with E-state index in [0.29, 0.717) is 12.0 Å². The number of nitrogens with one attached hydrogen (secondary N) is 1. The van der Waals surface area contributed by atoms with Crippen LogP contribution in [0.5, 0.6) is 0 Å². The molecule has 2 N–H and O–H groups in total. The quantitative estimate of drug-likeness (QED) is 0.810. The van der Waals surface area contributed by atoms with Crippen LogP contribution in [0.1, 0.15) is 24.5 Å². The molecule has 22 heavy (non-hydrogen) atoms. The lowest BCUT2D eigenvalue weighted by atomic mass is 10.1. The molecule has 1 aromatic rings. The van der Waals surface area contributed by atoms with Crippen molar-refractivity contribution in [3.63, 3.8) is 0 Å². The van der Waals surface area contributed by atoms with Crippen molar-refractivity contribution in [3.8, 4) is 0 Å². The molecule has 0 saturated heterocycles. The summed E-state index contributed by atoms with van der Waals surface area (Å²) >= 11 is 0. The van der Waals surface area contributed by atoms with E-state index < -0.39 is 17.3 Å². The lowest BCUT2D eigenvalue weighted by Crippen LogP contribution is -2.43. The monoisotopic (exact) mass is 319 g/mol. The van der Waals surface area contributed by atoms with Gasteiger partial charge in [0.05, 0.1) is 12.2 Å². The summed E-state index contributed by atoms with van der Waals surface area (Å²) in [7, 11) is 1.45. The van der Waals surface area contributed by atoms with E-state index >= 15 is 0 Å². The van der Waals surface area contributed by atoms with Crippen molar-refractivity contribution in [3.05, 3.63) is 35.4 Å². The predicted molar refractivity (Wildman–Crippen MR) is 75.3 cm³/mol. The second-order valence-electron chi connectivity index (χ2n) is 5.40. The Morgan fingerprint density at radius 1 is 1.27 bits per heavy atom. The minimum atomic E-state index is -4.36. The molecule has 1 atom stereocenters. The number of amides is 1. The molecule has 0 aliphatic carbocycles. The highest BCUT2D eigenvalue weighted by Gasteiger charge is 2.29. The molecule has 0 bridgehead atoms. The van der Waals surface area contributed by atoms with E-state index in [1.807, 2.05) is 0 Å². The lowest BCUT2D eigenvalue weighted by molar-refractivity contribution is -0.137. The molecule has 0 aliphatic rings. The van der Waals surface area contributed by atoms with Gasteiger partial charge >= 0.3 is 6.18 Å². The van der Waals surface area contributed by atoms with Crippen LogP contribution < -0.4 is 5.32 Å². The zero-order valence-electron chi connectivity index (χ0n) is 12.5. The van der Waals surface area contributed by atoms with Crippen LogP contribution in [0.3, 0.4) is 0 Å². The third-order valence-corrected chi connectivity index (χ3v) is 3.04. The smallest absolute Gasteiger partial charge is 0.386 e. The molecule has 7 heteroatoms. The fourth-order valence-electron chi connectivity index (χ4n) is 1.86. The number of rotatable bonds is 7. The maximum Gasteiger partial charge on any atom is 0.416 e. The third kappa shape index (κ3) is 6.44. The van der Waals surface area contributed by atoms with Gasteiger partial charge in [-0.25, -0.2) is 0 Å². The van der Waals surface area contributed by atoms with Crippen LogP contribution in [0.25, 0.3) is 0 Å². The Morgan fingerprint density at radius 2 is 1.86 bits per heavy atom. The first-order chi connectivity index (χ1) is 10.1. The van der Waals surface area contributed by atoms with E-state index in [2.05, 4.69) is 5.32 Å². The highest BCUT2D eigenvalue weighted by atomic mass is 19.4. The summed E-state index contributed by atoms with van der Waals surface area (Å²) < 4.78 is 42.0. The van der Waals surface area contributed by atoms with Crippen LogP contribution in [-0.2, 0) is 22.1 Å². The van der Waals surface area contributed by atoms with Crippen molar-refractivity contribution in [2.24, 2.45) is 0 Å². The molecule has 1 aromatic carbocycles. The summed E-state index contributed by atoms with van der Waals surface area (Å²) in [4.78, 5) is 11.7. The number of aliphatic hydroxyl groups is 1. The Labute approximate surface area is 127 Å². The fourth-order valence-corrected chi connectivity index (χ4v) is 1.86. The van der Waals surface area contributed by atoms with E-state index in [-0.39, 0.29) is 25.5 Å². The van der Waals surface area contributed by atoms with Crippen molar-refractivity contribution in [1.29, 1.82) is 0 Å². The summed E-state index contributed by atoms with van der Waals surface area (Å²) in [6.07, 6.45) is -3.90. The molecule has 1 amide bonds. The third-order valence-electron chi connectivity index (χ3n) is 3.04. The molecule has 0 fully saturated rings. The largest absolute Gasteiger partial charge is 0.416 e. The Morgan fingerprint density at radius 3 is 2.36 bits per heavy atom. The molecule has 0 heterocycles. The molecule has 0 aliphatic heterocycles. The molecule has 1 rings (SSSR count). The molecule has 0 saturated carbocycles. The van der Waals surface area contributed by atoms with E-state index in [9.17, 15) is 23.1 Å². The second kappa shape index (κ2) is 7.60. The first-order valence-electron chi connectivity index (χ1n) is 6.78. The molecule has 0 unspecified atom stereocenters. The van der Waals surface area contributed by atoms with Gasteiger partial charge < -0.3 is 15.2 Å². The lowest BCUT2D eigenvalue weighted by Gasteiger charge is -2.22. The number of ether oxygens (including phenoxy) is 1. The van der Waals surface area contributed by atoms with Crippen LogP contribution in [0.15, 0.2) is 24.3 Å². The predicted octanol–water partition coefficient (Wildman–Crippen LogP) is 2.15. The highest BCUT2D eigenvalue weighted by Crippen LogP contribution is 2.29. The van der Waals surface area contributed by atoms with Gasteiger partial charge in [-0.3, -0.25) is 4.79 Å². The molecule has 4 nitrogen and oxygen atoms in total. The number of aryl methyl sites for hydroxylation is 1. The van der Waals surface area contributed by atoms with Crippen molar-refractivity contribution in [2.45, 2.75) is 31.5 Å². The zero-order valence-corrected chi connectivity index (χ0v) is 12.5. The van der Waals surface area contributed by atoms with E-state index in [0.717, 1.165) is 12.1 Å². The summed E-state index contributed by atoms with van der Waals surface area (Å²) in [5.41, 5.74) is -1.22. The number of methoxy groups -OCH3 is 1. The van der Waals surface area contributed by atoms with Gasteiger partial charge in [0.25, 0.3) is 0 Å². The molecule has 0 spiro atoms. The molecule has 0 radical (unpaired) electrons. The number of carbonyl (C=O) groups is 1. The minimum absolute atomic E-state index is 0.0483. The van der Waals surface area contributed by atoms with Crippen molar-refractivity contribution in [2.75, 3.05) is 20.3 Å². The summed E-state index contributed by atoms with van der Waals surface area (Å²) in [6, 6.07) is 4.71. The summed E-state index contributed by atoms with van der Waals surface area (Å²) in [6.45, 7) is 1.67. The number of hydrogen-bond donors (Lipinski definition) is 2. The fraction of sp³-hybridized carbons (Fsp3) is 0.533. The first-order valence-corrected chi connectivity index (χ1v) is 6.78. The van der Waals surface area contributed by atoms with E-state index in [4.69, 9.17) is 4.74 Å². The standard InChI is InChI=1S/C15H20F3NO3/c1-14(21,10-22-2)9-19-13(20)8-5-11-3-6-12(7-4-11)15(16,17)18/h3-4,6-7,21H,5,8-10H2,1-2H3,(H,19,20)/t14-/m1/s1. The molecular formula is C15H20F3NO3. The van der Waals surface area contributed by atoms with Gasteiger partial charge in [-0.05, 0) is 31.0 Å². The SMILES string of the molecule is COC[C@](C)(O)CNC(=O)CCc1ccc(C(F)(F)F)cc1.